The second-order valence-corrected chi connectivity index (χ2v) is 5.99. The number of hydrogen-bond donors (Lipinski definition) is 1. The van der Waals surface area contributed by atoms with Crippen LogP contribution in [0.3, 0.4) is 0 Å². The van der Waals surface area contributed by atoms with Gasteiger partial charge in [-0.2, -0.15) is 0 Å². The van der Waals surface area contributed by atoms with Gasteiger partial charge < -0.3 is 5.11 Å². The number of halogens is 1. The quantitative estimate of drug-likeness (QED) is 0.724. The molecular weight excluding hydrogens is 342 g/mol. The number of carbonyl (C=O) groups is 1. The van der Waals surface area contributed by atoms with Crippen molar-refractivity contribution >= 4 is 32.8 Å². The average Bonchev–Trinajstić information content (AvgIpc) is 2.53. The highest BCUT2D eigenvalue weighted by atomic mass is 79.9. The predicted octanol–water partition coefficient (Wildman–Crippen LogP) is 4.92. The first-order valence-electron chi connectivity index (χ1n) is 7.01. The number of benzene rings is 2. The Morgan fingerprint density at radius 1 is 1.14 bits per heavy atom. The molecule has 1 aromatic heterocycles. The number of aromatic nitrogens is 1. The average molecular weight is 356 g/mol. The molecule has 3 aromatic rings. The van der Waals surface area contributed by atoms with Gasteiger partial charge in [-0.15, -0.1) is 0 Å². The van der Waals surface area contributed by atoms with Crippen LogP contribution in [0.25, 0.3) is 22.2 Å². The van der Waals surface area contributed by atoms with Crippen LogP contribution < -0.4 is 0 Å². The Labute approximate surface area is 136 Å². The topological polar surface area (TPSA) is 50.2 Å². The van der Waals surface area contributed by atoms with Crippen LogP contribution in [0, 0.1) is 0 Å². The number of aromatic carboxylic acids is 1. The standard InChI is InChI=1S/C18H14BrNO2/c1-2-11-3-5-12(6-4-11)16-10-15(18(21)22)14-8-7-13(19)9-17(14)20-16/h3-10H,2H2,1H3,(H,21,22). The summed E-state index contributed by atoms with van der Waals surface area (Å²) >= 11 is 3.41. The molecule has 0 fully saturated rings. The minimum absolute atomic E-state index is 0.270. The van der Waals surface area contributed by atoms with E-state index in [2.05, 4.69) is 27.8 Å². The van der Waals surface area contributed by atoms with Crippen molar-refractivity contribution < 1.29 is 9.90 Å². The SMILES string of the molecule is CCc1ccc(-c2cc(C(=O)O)c3ccc(Br)cc3n2)cc1. The third kappa shape index (κ3) is 2.74. The summed E-state index contributed by atoms with van der Waals surface area (Å²) in [7, 11) is 0. The van der Waals surface area contributed by atoms with Gasteiger partial charge >= 0.3 is 5.97 Å². The molecule has 110 valence electrons. The maximum atomic E-state index is 11.5. The van der Waals surface area contributed by atoms with Gasteiger partial charge in [-0.1, -0.05) is 53.2 Å². The van der Waals surface area contributed by atoms with E-state index in [1.165, 1.54) is 5.56 Å². The molecule has 0 spiro atoms. The van der Waals surface area contributed by atoms with E-state index in [1.807, 2.05) is 36.4 Å². The van der Waals surface area contributed by atoms with E-state index in [9.17, 15) is 9.90 Å². The lowest BCUT2D eigenvalue weighted by molar-refractivity contribution is 0.0699. The van der Waals surface area contributed by atoms with E-state index < -0.39 is 5.97 Å². The number of pyridine rings is 1. The molecule has 0 aliphatic rings. The van der Waals surface area contributed by atoms with Gasteiger partial charge in [0.05, 0.1) is 16.8 Å². The first-order chi connectivity index (χ1) is 10.6. The molecule has 22 heavy (non-hydrogen) atoms. The number of carboxylic acids is 1. The van der Waals surface area contributed by atoms with Gasteiger partial charge in [0, 0.05) is 15.4 Å². The Hall–Kier alpha value is -2.20. The van der Waals surface area contributed by atoms with Gasteiger partial charge in [-0.05, 0) is 30.2 Å². The second kappa shape index (κ2) is 5.89. The molecule has 3 rings (SSSR count). The van der Waals surface area contributed by atoms with E-state index in [1.54, 1.807) is 12.1 Å². The van der Waals surface area contributed by atoms with Gasteiger partial charge in [0.2, 0.25) is 0 Å². The fourth-order valence-corrected chi connectivity index (χ4v) is 2.79. The minimum atomic E-state index is -0.943. The molecule has 0 amide bonds. The van der Waals surface area contributed by atoms with Crippen LogP contribution in [0.5, 0.6) is 0 Å². The Bertz CT molecular complexity index is 857. The Balaban J connectivity index is 2.22. The summed E-state index contributed by atoms with van der Waals surface area (Å²) in [5.74, 6) is -0.943. The fourth-order valence-electron chi connectivity index (χ4n) is 2.44. The maximum Gasteiger partial charge on any atom is 0.336 e. The van der Waals surface area contributed by atoms with E-state index >= 15 is 0 Å². The smallest absolute Gasteiger partial charge is 0.336 e. The maximum absolute atomic E-state index is 11.5. The predicted molar refractivity (Wildman–Crippen MR) is 91.2 cm³/mol. The molecule has 1 N–H and O–H groups in total. The summed E-state index contributed by atoms with van der Waals surface area (Å²) < 4.78 is 0.877. The Morgan fingerprint density at radius 3 is 2.50 bits per heavy atom. The number of aryl methyl sites for hydroxylation is 1. The molecule has 1 heterocycles. The van der Waals surface area contributed by atoms with E-state index in [-0.39, 0.29) is 5.56 Å². The second-order valence-electron chi connectivity index (χ2n) is 5.07. The van der Waals surface area contributed by atoms with Crippen LogP contribution in [0.1, 0.15) is 22.8 Å². The summed E-state index contributed by atoms with van der Waals surface area (Å²) in [5, 5.41) is 10.1. The van der Waals surface area contributed by atoms with Gasteiger partial charge in [-0.3, -0.25) is 0 Å². The molecule has 0 saturated heterocycles. The van der Waals surface area contributed by atoms with E-state index in [4.69, 9.17) is 0 Å². The summed E-state index contributed by atoms with van der Waals surface area (Å²) in [6.07, 6.45) is 0.971. The van der Waals surface area contributed by atoms with Gasteiger partial charge in [-0.25, -0.2) is 9.78 Å². The van der Waals surface area contributed by atoms with Gasteiger partial charge in [0.15, 0.2) is 0 Å². The fraction of sp³-hybridized carbons (Fsp3) is 0.111. The van der Waals surface area contributed by atoms with Crippen LogP contribution in [0.15, 0.2) is 53.0 Å². The molecule has 0 aliphatic heterocycles. The largest absolute Gasteiger partial charge is 0.478 e. The van der Waals surface area contributed by atoms with Crippen LogP contribution in [0.2, 0.25) is 0 Å². The highest BCUT2D eigenvalue weighted by Crippen LogP contribution is 2.27. The molecule has 0 bridgehead atoms. The van der Waals surface area contributed by atoms with Crippen molar-refractivity contribution in [2.45, 2.75) is 13.3 Å². The summed E-state index contributed by atoms with van der Waals surface area (Å²) in [6.45, 7) is 2.10. The van der Waals surface area contributed by atoms with Crippen molar-refractivity contribution in [3.8, 4) is 11.3 Å². The van der Waals surface area contributed by atoms with Crippen molar-refractivity contribution in [1.29, 1.82) is 0 Å². The van der Waals surface area contributed by atoms with Gasteiger partial charge in [0.1, 0.15) is 0 Å². The van der Waals surface area contributed by atoms with E-state index in [0.717, 1.165) is 16.5 Å². The number of rotatable bonds is 3. The van der Waals surface area contributed by atoms with Gasteiger partial charge in [0.25, 0.3) is 0 Å². The van der Waals surface area contributed by atoms with Crippen LogP contribution in [-0.2, 0) is 6.42 Å². The highest BCUT2D eigenvalue weighted by molar-refractivity contribution is 9.10. The molecule has 3 nitrogen and oxygen atoms in total. The normalized spacial score (nSPS) is 10.8. The molecule has 4 heteroatoms. The van der Waals surface area contributed by atoms with Crippen LogP contribution in [-0.4, -0.2) is 16.1 Å². The molecular formula is C18H14BrNO2. The zero-order valence-corrected chi connectivity index (χ0v) is 13.6. The minimum Gasteiger partial charge on any atom is -0.478 e. The summed E-state index contributed by atoms with van der Waals surface area (Å²) in [6, 6.07) is 15.1. The summed E-state index contributed by atoms with van der Waals surface area (Å²) in [4.78, 5) is 16.2. The molecule has 2 aromatic carbocycles. The Kier molecular flexibility index (Phi) is 3.94. The summed E-state index contributed by atoms with van der Waals surface area (Å²) in [5.41, 5.74) is 3.77. The third-order valence-electron chi connectivity index (χ3n) is 3.66. The van der Waals surface area contributed by atoms with Crippen LogP contribution >= 0.6 is 15.9 Å². The molecule has 0 radical (unpaired) electrons. The molecule has 0 unspecified atom stereocenters. The first kappa shape index (κ1) is 14.7. The van der Waals surface area contributed by atoms with Crippen molar-refractivity contribution in [2.24, 2.45) is 0 Å². The number of fused-ring (bicyclic) bond motifs is 1. The van der Waals surface area contributed by atoms with Crippen LogP contribution in [0.4, 0.5) is 0 Å². The number of carboxylic acid groups (broad SMARTS) is 1. The lowest BCUT2D eigenvalue weighted by Crippen LogP contribution is -2.00. The van der Waals surface area contributed by atoms with Crippen molar-refractivity contribution in [2.75, 3.05) is 0 Å². The van der Waals surface area contributed by atoms with Crippen molar-refractivity contribution in [3.05, 3.63) is 64.1 Å². The zero-order valence-electron chi connectivity index (χ0n) is 12.0. The van der Waals surface area contributed by atoms with Crippen molar-refractivity contribution in [1.82, 2.24) is 4.98 Å². The monoisotopic (exact) mass is 355 g/mol. The highest BCUT2D eigenvalue weighted by Gasteiger charge is 2.13. The van der Waals surface area contributed by atoms with E-state index in [0.29, 0.717) is 16.6 Å². The molecule has 0 aliphatic carbocycles. The third-order valence-corrected chi connectivity index (χ3v) is 4.15. The first-order valence-corrected chi connectivity index (χ1v) is 7.80. The number of nitrogens with zero attached hydrogens (tertiary/aromatic N) is 1. The zero-order chi connectivity index (χ0) is 15.7. The lowest BCUT2D eigenvalue weighted by atomic mass is 10.0. The molecule has 0 atom stereocenters. The Morgan fingerprint density at radius 2 is 1.86 bits per heavy atom. The lowest BCUT2D eigenvalue weighted by Gasteiger charge is -2.08. The molecule has 0 saturated carbocycles. The number of hydrogen-bond acceptors (Lipinski definition) is 2. The van der Waals surface area contributed by atoms with Crippen molar-refractivity contribution in [3.63, 3.8) is 0 Å².